The van der Waals surface area contributed by atoms with Gasteiger partial charge in [-0.3, -0.25) is 0 Å². The summed E-state index contributed by atoms with van der Waals surface area (Å²) in [7, 11) is 2.10. The van der Waals surface area contributed by atoms with Gasteiger partial charge < -0.3 is 9.80 Å². The van der Waals surface area contributed by atoms with Crippen molar-refractivity contribution in [1.82, 2.24) is 29.6 Å². The van der Waals surface area contributed by atoms with Crippen molar-refractivity contribution in [1.29, 1.82) is 0 Å². The topological polar surface area (TPSA) is 63.0 Å². The molecular weight excluding hydrogens is 431 g/mol. The monoisotopic (exact) mass is 451 g/mol. The molecule has 1 aromatic carbocycles. The first-order chi connectivity index (χ1) is 16.0. The van der Waals surface area contributed by atoms with Gasteiger partial charge in [0, 0.05) is 56.3 Å². The van der Waals surface area contributed by atoms with Crippen LogP contribution in [0.5, 0.6) is 0 Å². The molecule has 4 aromatic rings. The van der Waals surface area contributed by atoms with Gasteiger partial charge in [0.05, 0.1) is 17.5 Å². The molecule has 0 unspecified atom stereocenters. The van der Waals surface area contributed by atoms with Crippen LogP contribution < -0.4 is 4.90 Å². The quantitative estimate of drug-likeness (QED) is 0.473. The normalized spacial score (nSPS) is 14.6. The second-order valence-electron chi connectivity index (χ2n) is 7.83. The molecule has 1 fully saturated rings. The summed E-state index contributed by atoms with van der Waals surface area (Å²) in [5.41, 5.74) is 0.560. The number of hydrogen-bond donors (Lipinski definition) is 0. The first-order valence-corrected chi connectivity index (χ1v) is 10.4. The van der Waals surface area contributed by atoms with E-state index in [0.29, 0.717) is 29.2 Å². The molecule has 0 bridgehead atoms. The van der Waals surface area contributed by atoms with Gasteiger partial charge >= 0.3 is 0 Å². The molecule has 0 radical (unpaired) electrons. The lowest BCUT2D eigenvalue weighted by molar-refractivity contribution is 0.312. The molecule has 0 spiro atoms. The molecule has 33 heavy (non-hydrogen) atoms. The zero-order valence-electron chi connectivity index (χ0n) is 17.8. The Morgan fingerprint density at radius 2 is 1.61 bits per heavy atom. The van der Waals surface area contributed by atoms with Gasteiger partial charge in [-0.15, -0.1) is 0 Å². The largest absolute Gasteiger partial charge is 0.354 e. The summed E-state index contributed by atoms with van der Waals surface area (Å²) in [6.07, 6.45) is 4.72. The van der Waals surface area contributed by atoms with E-state index in [-0.39, 0.29) is 5.82 Å². The maximum Gasteiger partial charge on any atom is 0.165 e. The molecule has 0 saturated carbocycles. The van der Waals surface area contributed by atoms with Gasteiger partial charge in [0.25, 0.3) is 0 Å². The summed E-state index contributed by atoms with van der Waals surface area (Å²) < 4.78 is 43.2. The minimum absolute atomic E-state index is 0.176. The summed E-state index contributed by atoms with van der Waals surface area (Å²) in [5, 5.41) is 4.38. The van der Waals surface area contributed by atoms with Crippen molar-refractivity contribution in [3.63, 3.8) is 0 Å². The van der Waals surface area contributed by atoms with E-state index < -0.39 is 23.0 Å². The molecular formula is C23H20F3N7. The zero-order valence-corrected chi connectivity index (χ0v) is 17.8. The number of nitrogens with zero attached hydrogens (tertiary/aromatic N) is 7. The molecule has 0 aliphatic carbocycles. The molecule has 1 saturated heterocycles. The number of likely N-dealkylation sites (N-methyl/N-ethyl adjacent to an activating group) is 1. The van der Waals surface area contributed by atoms with E-state index in [1.165, 1.54) is 6.20 Å². The number of aromatic nitrogens is 5. The van der Waals surface area contributed by atoms with Crippen LogP contribution in [0.1, 0.15) is 0 Å². The Morgan fingerprint density at radius 1 is 0.879 bits per heavy atom. The highest BCUT2D eigenvalue weighted by atomic mass is 19.1. The van der Waals surface area contributed by atoms with E-state index >= 15 is 0 Å². The lowest BCUT2D eigenvalue weighted by Crippen LogP contribution is -2.44. The number of anilines is 1. The molecule has 168 valence electrons. The van der Waals surface area contributed by atoms with E-state index in [4.69, 9.17) is 4.98 Å². The third-order valence-electron chi connectivity index (χ3n) is 5.55. The van der Waals surface area contributed by atoms with Crippen molar-refractivity contribution >= 4 is 5.82 Å². The summed E-state index contributed by atoms with van der Waals surface area (Å²) in [6.45, 7) is 3.75. The first-order valence-electron chi connectivity index (χ1n) is 10.4. The SMILES string of the molecule is CN1CCN(c2cccc(-n3cc(-c4ccnc(-c5c(F)cc(F)cc5F)n4)cn3)n2)CC1. The predicted octanol–water partition coefficient (Wildman–Crippen LogP) is 3.56. The average molecular weight is 451 g/mol. The van der Waals surface area contributed by atoms with Gasteiger partial charge in [-0.2, -0.15) is 5.10 Å². The number of pyridine rings is 1. The van der Waals surface area contributed by atoms with E-state index in [1.807, 2.05) is 18.2 Å². The minimum Gasteiger partial charge on any atom is -0.354 e. The minimum atomic E-state index is -1.06. The molecule has 10 heteroatoms. The third kappa shape index (κ3) is 4.29. The Morgan fingerprint density at radius 3 is 2.36 bits per heavy atom. The Balaban J connectivity index is 1.43. The summed E-state index contributed by atoms with van der Waals surface area (Å²) >= 11 is 0. The van der Waals surface area contributed by atoms with E-state index in [9.17, 15) is 13.2 Å². The summed E-state index contributed by atoms with van der Waals surface area (Å²) in [6, 6.07) is 8.57. The molecule has 4 heterocycles. The number of halogens is 3. The highest BCUT2D eigenvalue weighted by Crippen LogP contribution is 2.26. The van der Waals surface area contributed by atoms with Crippen molar-refractivity contribution in [2.75, 3.05) is 38.1 Å². The standard InChI is InChI=1S/C23H20F3N7/c1-31-7-9-32(10-8-31)20-3-2-4-21(30-20)33-14-15(13-28-33)19-5-6-27-23(29-19)22-17(25)11-16(24)12-18(22)26/h2-6,11-14H,7-10H2,1H3. The van der Waals surface area contributed by atoms with Gasteiger partial charge in [-0.05, 0) is 25.2 Å². The molecule has 5 rings (SSSR count). The van der Waals surface area contributed by atoms with Crippen LogP contribution in [-0.4, -0.2) is 62.9 Å². The summed E-state index contributed by atoms with van der Waals surface area (Å²) in [5.74, 6) is -1.79. The highest BCUT2D eigenvalue weighted by molar-refractivity contribution is 5.63. The van der Waals surface area contributed by atoms with Crippen LogP contribution in [0.4, 0.5) is 19.0 Å². The molecule has 0 amide bonds. The maximum atomic E-state index is 14.2. The van der Waals surface area contributed by atoms with Gasteiger partial charge in [0.15, 0.2) is 11.6 Å². The highest BCUT2D eigenvalue weighted by Gasteiger charge is 2.18. The van der Waals surface area contributed by atoms with Gasteiger partial charge in [-0.1, -0.05) is 6.07 Å². The van der Waals surface area contributed by atoms with Crippen molar-refractivity contribution in [3.05, 3.63) is 72.4 Å². The fourth-order valence-corrected chi connectivity index (χ4v) is 3.73. The molecule has 1 aliphatic rings. The smallest absolute Gasteiger partial charge is 0.165 e. The Labute approximate surface area is 188 Å². The van der Waals surface area contributed by atoms with Gasteiger partial charge in [0.1, 0.15) is 23.3 Å². The lowest BCUT2D eigenvalue weighted by Gasteiger charge is -2.33. The van der Waals surface area contributed by atoms with Gasteiger partial charge in [-0.25, -0.2) is 32.8 Å². The lowest BCUT2D eigenvalue weighted by atomic mass is 10.1. The number of hydrogen-bond acceptors (Lipinski definition) is 6. The fraction of sp³-hybridized carbons (Fsp3) is 0.217. The first kappa shape index (κ1) is 21.1. The van der Waals surface area contributed by atoms with Crippen molar-refractivity contribution in [2.24, 2.45) is 0 Å². The second kappa shape index (κ2) is 8.62. The fourth-order valence-electron chi connectivity index (χ4n) is 3.73. The number of piperazine rings is 1. The van der Waals surface area contributed by atoms with Crippen LogP contribution in [0.25, 0.3) is 28.5 Å². The number of benzene rings is 1. The second-order valence-corrected chi connectivity index (χ2v) is 7.83. The summed E-state index contributed by atoms with van der Waals surface area (Å²) in [4.78, 5) is 17.5. The molecule has 0 atom stereocenters. The predicted molar refractivity (Wildman–Crippen MR) is 117 cm³/mol. The molecule has 1 aliphatic heterocycles. The van der Waals surface area contributed by atoms with Crippen LogP contribution in [0.3, 0.4) is 0 Å². The average Bonchev–Trinajstić information content (AvgIpc) is 3.30. The van der Waals surface area contributed by atoms with Crippen molar-refractivity contribution in [3.8, 4) is 28.5 Å². The maximum absolute atomic E-state index is 14.2. The Bertz CT molecular complexity index is 1280. The van der Waals surface area contributed by atoms with Crippen LogP contribution in [0, 0.1) is 17.5 Å². The van der Waals surface area contributed by atoms with E-state index in [1.54, 1.807) is 23.1 Å². The van der Waals surface area contributed by atoms with Crippen LogP contribution in [-0.2, 0) is 0 Å². The van der Waals surface area contributed by atoms with Crippen molar-refractivity contribution in [2.45, 2.75) is 0 Å². The zero-order chi connectivity index (χ0) is 22.9. The van der Waals surface area contributed by atoms with Crippen molar-refractivity contribution < 1.29 is 13.2 Å². The molecule has 3 aromatic heterocycles. The van der Waals surface area contributed by atoms with Crippen LogP contribution >= 0.6 is 0 Å². The Hall–Kier alpha value is -3.79. The molecule has 7 nitrogen and oxygen atoms in total. The van der Waals surface area contributed by atoms with E-state index in [2.05, 4.69) is 31.9 Å². The van der Waals surface area contributed by atoms with Gasteiger partial charge in [0.2, 0.25) is 0 Å². The van der Waals surface area contributed by atoms with Crippen LogP contribution in [0.15, 0.2) is 55.0 Å². The van der Waals surface area contributed by atoms with Crippen LogP contribution in [0.2, 0.25) is 0 Å². The van der Waals surface area contributed by atoms with E-state index in [0.717, 1.165) is 32.0 Å². The number of rotatable bonds is 4. The molecule has 0 N–H and O–H groups in total. The third-order valence-corrected chi connectivity index (χ3v) is 5.55. The Kier molecular flexibility index (Phi) is 5.51.